The fourth-order valence-electron chi connectivity index (χ4n) is 3.44. The van der Waals surface area contributed by atoms with Crippen LogP contribution in [0, 0.1) is 17.5 Å². The Morgan fingerprint density at radius 1 is 0.906 bits per heavy atom. The lowest BCUT2D eigenvalue weighted by atomic mass is 10.1. The number of nitrogens with two attached hydrogens (primary N) is 1. The molecule has 0 radical (unpaired) electrons. The Kier molecular flexibility index (Phi) is 7.47. The van der Waals surface area contributed by atoms with E-state index in [0.717, 1.165) is 12.1 Å². The molecule has 10 heteroatoms. The number of hydrogen-bond acceptors (Lipinski definition) is 4. The molecule has 0 aromatic heterocycles. The number of primary amides is 1. The Balaban J connectivity index is 1.59. The molecule has 32 heavy (non-hydrogen) atoms. The van der Waals surface area contributed by atoms with Crippen LogP contribution >= 0.6 is 0 Å². The molecule has 0 saturated carbocycles. The van der Waals surface area contributed by atoms with Gasteiger partial charge in [0.2, 0.25) is 11.8 Å². The first-order valence-corrected chi connectivity index (χ1v) is 10.1. The number of piperazine rings is 1. The topological polar surface area (TPSA) is 86.9 Å². The van der Waals surface area contributed by atoms with E-state index < -0.39 is 29.3 Å². The zero-order chi connectivity index (χ0) is 23.3. The predicted molar refractivity (Wildman–Crippen MR) is 111 cm³/mol. The first kappa shape index (κ1) is 23.3. The van der Waals surface area contributed by atoms with Crippen molar-refractivity contribution in [2.24, 2.45) is 5.73 Å². The number of halogens is 3. The van der Waals surface area contributed by atoms with Crippen molar-refractivity contribution in [3.63, 3.8) is 0 Å². The number of carbonyl (C=O) groups excluding carboxylic acids is 3. The Labute approximate surface area is 183 Å². The van der Waals surface area contributed by atoms with E-state index in [9.17, 15) is 27.6 Å². The first-order valence-electron chi connectivity index (χ1n) is 10.1. The summed E-state index contributed by atoms with van der Waals surface area (Å²) in [6.07, 6.45) is -0.0420. The minimum atomic E-state index is -1.09. The average molecular weight is 448 g/mol. The molecule has 3 amide bonds. The molecule has 1 aliphatic heterocycles. The highest BCUT2D eigenvalue weighted by Gasteiger charge is 2.26. The van der Waals surface area contributed by atoms with E-state index in [2.05, 4.69) is 0 Å². The zero-order valence-corrected chi connectivity index (χ0v) is 17.3. The number of rotatable bonds is 7. The monoisotopic (exact) mass is 448 g/mol. The van der Waals surface area contributed by atoms with E-state index >= 15 is 0 Å². The van der Waals surface area contributed by atoms with Crippen LogP contribution in [0.1, 0.15) is 16.8 Å². The summed E-state index contributed by atoms with van der Waals surface area (Å²) < 4.78 is 39.8. The van der Waals surface area contributed by atoms with E-state index in [1.807, 2.05) is 4.90 Å². The van der Waals surface area contributed by atoms with Gasteiger partial charge in [-0.05, 0) is 42.5 Å². The molecule has 0 aliphatic carbocycles. The molecule has 0 spiro atoms. The zero-order valence-electron chi connectivity index (χ0n) is 17.3. The molecule has 2 N–H and O–H groups in total. The minimum Gasteiger partial charge on any atom is -0.370 e. The average Bonchev–Trinajstić information content (AvgIpc) is 2.77. The molecule has 1 saturated heterocycles. The Morgan fingerprint density at radius 3 is 2.16 bits per heavy atom. The Morgan fingerprint density at radius 2 is 1.56 bits per heavy atom. The van der Waals surface area contributed by atoms with Crippen LogP contribution in [-0.4, -0.2) is 66.8 Å². The third-order valence-corrected chi connectivity index (χ3v) is 5.21. The van der Waals surface area contributed by atoms with Crippen molar-refractivity contribution < 1.29 is 27.6 Å². The fraction of sp³-hybridized carbons (Fsp3) is 0.318. The molecular weight excluding hydrogens is 425 g/mol. The molecule has 3 rings (SSSR count). The summed E-state index contributed by atoms with van der Waals surface area (Å²) in [7, 11) is 0. The molecule has 0 unspecified atom stereocenters. The quantitative estimate of drug-likeness (QED) is 0.700. The SMILES string of the molecule is NC(=O)CCN(C(=O)CN1CCN(C(=O)c2ccc(F)c(F)c2)CC1)c1ccc(F)cc1. The van der Waals surface area contributed by atoms with Gasteiger partial charge in [-0.1, -0.05) is 0 Å². The van der Waals surface area contributed by atoms with Crippen molar-refractivity contribution >= 4 is 23.4 Å². The largest absolute Gasteiger partial charge is 0.370 e. The van der Waals surface area contributed by atoms with Crippen LogP contribution in [0.2, 0.25) is 0 Å². The van der Waals surface area contributed by atoms with E-state index in [4.69, 9.17) is 5.73 Å². The second-order valence-electron chi connectivity index (χ2n) is 7.44. The second kappa shape index (κ2) is 10.3. The van der Waals surface area contributed by atoms with Crippen LogP contribution in [-0.2, 0) is 9.59 Å². The van der Waals surface area contributed by atoms with Crippen LogP contribution in [0.4, 0.5) is 18.9 Å². The molecule has 1 fully saturated rings. The summed E-state index contributed by atoms with van der Waals surface area (Å²) in [6.45, 7) is 1.51. The van der Waals surface area contributed by atoms with Crippen molar-refractivity contribution in [3.05, 3.63) is 65.5 Å². The molecule has 1 heterocycles. The van der Waals surface area contributed by atoms with Crippen molar-refractivity contribution in [3.8, 4) is 0 Å². The Bertz CT molecular complexity index is 992. The second-order valence-corrected chi connectivity index (χ2v) is 7.44. The molecule has 170 valence electrons. The van der Waals surface area contributed by atoms with Crippen molar-refractivity contribution in [2.45, 2.75) is 6.42 Å². The van der Waals surface area contributed by atoms with Gasteiger partial charge in [-0.3, -0.25) is 19.3 Å². The highest BCUT2D eigenvalue weighted by atomic mass is 19.2. The summed E-state index contributed by atoms with van der Waals surface area (Å²) in [6, 6.07) is 8.36. The minimum absolute atomic E-state index is 0.0311. The van der Waals surface area contributed by atoms with E-state index in [1.54, 1.807) is 0 Å². The standard InChI is InChI=1S/C22H23F3N4O3/c23-16-2-4-17(5-3-16)29(8-7-20(26)30)21(31)14-27-9-11-28(12-10-27)22(32)15-1-6-18(24)19(25)13-15/h1-6,13H,7-12,14H2,(H2,26,30). The molecule has 7 nitrogen and oxygen atoms in total. The smallest absolute Gasteiger partial charge is 0.254 e. The maximum absolute atomic E-state index is 13.4. The van der Waals surface area contributed by atoms with Gasteiger partial charge in [-0.25, -0.2) is 13.2 Å². The number of carbonyl (C=O) groups is 3. The van der Waals surface area contributed by atoms with Crippen LogP contribution < -0.4 is 10.6 Å². The van der Waals surface area contributed by atoms with Gasteiger partial charge in [-0.15, -0.1) is 0 Å². The van der Waals surface area contributed by atoms with Gasteiger partial charge in [0.25, 0.3) is 5.91 Å². The lowest BCUT2D eigenvalue weighted by Gasteiger charge is -2.35. The highest BCUT2D eigenvalue weighted by Crippen LogP contribution is 2.17. The van der Waals surface area contributed by atoms with E-state index in [-0.39, 0.29) is 31.0 Å². The molecule has 0 atom stereocenters. The van der Waals surface area contributed by atoms with Crippen LogP contribution in [0.25, 0.3) is 0 Å². The summed E-state index contributed by atoms with van der Waals surface area (Å²) in [5, 5.41) is 0. The molecule has 2 aromatic carbocycles. The summed E-state index contributed by atoms with van der Waals surface area (Å²) in [4.78, 5) is 41.4. The first-order chi connectivity index (χ1) is 15.2. The third-order valence-electron chi connectivity index (χ3n) is 5.21. The molecular formula is C22H23F3N4O3. The maximum Gasteiger partial charge on any atom is 0.254 e. The van der Waals surface area contributed by atoms with Crippen LogP contribution in [0.5, 0.6) is 0 Å². The molecule has 0 bridgehead atoms. The van der Waals surface area contributed by atoms with E-state index in [0.29, 0.717) is 31.9 Å². The number of amides is 3. The van der Waals surface area contributed by atoms with E-state index in [1.165, 1.54) is 40.1 Å². The Hall–Kier alpha value is -3.40. The number of anilines is 1. The fourth-order valence-corrected chi connectivity index (χ4v) is 3.44. The molecule has 2 aromatic rings. The highest BCUT2D eigenvalue weighted by molar-refractivity contribution is 5.96. The lowest BCUT2D eigenvalue weighted by molar-refractivity contribution is -0.120. The summed E-state index contributed by atoms with van der Waals surface area (Å²) >= 11 is 0. The van der Waals surface area contributed by atoms with Gasteiger partial charge in [0, 0.05) is 50.4 Å². The number of benzene rings is 2. The van der Waals surface area contributed by atoms with Gasteiger partial charge < -0.3 is 15.5 Å². The van der Waals surface area contributed by atoms with Crippen molar-refractivity contribution in [2.75, 3.05) is 44.2 Å². The number of hydrogen-bond donors (Lipinski definition) is 1. The maximum atomic E-state index is 13.4. The van der Waals surface area contributed by atoms with Gasteiger partial charge in [-0.2, -0.15) is 0 Å². The summed E-state index contributed by atoms with van der Waals surface area (Å²) in [5.41, 5.74) is 5.71. The lowest BCUT2D eigenvalue weighted by Crippen LogP contribution is -2.51. The van der Waals surface area contributed by atoms with Crippen LogP contribution in [0.15, 0.2) is 42.5 Å². The normalized spacial score (nSPS) is 14.3. The third kappa shape index (κ3) is 5.85. The van der Waals surface area contributed by atoms with Gasteiger partial charge in [0.05, 0.1) is 6.54 Å². The van der Waals surface area contributed by atoms with Crippen molar-refractivity contribution in [1.82, 2.24) is 9.80 Å². The number of nitrogens with zero attached hydrogens (tertiary/aromatic N) is 3. The van der Waals surface area contributed by atoms with Gasteiger partial charge in [0.15, 0.2) is 11.6 Å². The summed E-state index contributed by atoms with van der Waals surface area (Å²) in [5.74, 6) is -3.82. The van der Waals surface area contributed by atoms with Gasteiger partial charge in [0.1, 0.15) is 5.82 Å². The molecule has 1 aliphatic rings. The van der Waals surface area contributed by atoms with Crippen LogP contribution in [0.3, 0.4) is 0 Å². The van der Waals surface area contributed by atoms with Crippen molar-refractivity contribution in [1.29, 1.82) is 0 Å². The van der Waals surface area contributed by atoms with Gasteiger partial charge >= 0.3 is 0 Å². The predicted octanol–water partition coefficient (Wildman–Crippen LogP) is 1.77.